The maximum atomic E-state index is 14.0. The molecule has 0 radical (unpaired) electrons. The third-order valence-corrected chi connectivity index (χ3v) is 9.58. The normalized spacial score (nSPS) is 14.8. The standard InChI is InChI=1S/C26H33F2N5O5S2/c1-37-15-13-33(14-16-38-2)40(35,36)21-5-3-19(4-6-21)25(34)29-7-8-31-9-11-32(12-10-31)26-30-24-22(28)17-20(27)18-23(24)39-26/h3-6,17-18H,7-16H2,1-2H3,(H,29,34). The molecule has 1 aliphatic heterocycles. The molecular weight excluding hydrogens is 564 g/mol. The number of anilines is 1. The molecule has 0 aliphatic carbocycles. The van der Waals surface area contributed by atoms with E-state index in [-0.39, 0.29) is 42.6 Å². The van der Waals surface area contributed by atoms with Gasteiger partial charge in [0.15, 0.2) is 10.9 Å². The van der Waals surface area contributed by atoms with Gasteiger partial charge in [-0.1, -0.05) is 11.3 Å². The van der Waals surface area contributed by atoms with Crippen LogP contribution >= 0.6 is 11.3 Å². The molecule has 2 aromatic carbocycles. The number of nitrogens with zero attached hydrogens (tertiary/aromatic N) is 4. The van der Waals surface area contributed by atoms with Crippen LogP contribution in [0.5, 0.6) is 0 Å². The molecule has 0 atom stereocenters. The van der Waals surface area contributed by atoms with Crippen LogP contribution in [-0.2, 0) is 19.5 Å². The summed E-state index contributed by atoms with van der Waals surface area (Å²) in [5.74, 6) is -1.56. The number of nitrogens with one attached hydrogen (secondary N) is 1. The molecule has 3 aromatic rings. The van der Waals surface area contributed by atoms with E-state index in [2.05, 4.69) is 20.1 Å². The number of carbonyl (C=O) groups excluding carboxylic acids is 1. The van der Waals surface area contributed by atoms with Crippen LogP contribution in [0.25, 0.3) is 10.2 Å². The molecule has 0 spiro atoms. The Balaban J connectivity index is 1.25. The van der Waals surface area contributed by atoms with Crippen LogP contribution < -0.4 is 10.2 Å². The smallest absolute Gasteiger partial charge is 0.251 e. The zero-order valence-electron chi connectivity index (χ0n) is 22.4. The summed E-state index contributed by atoms with van der Waals surface area (Å²) in [6.07, 6.45) is 0. The van der Waals surface area contributed by atoms with Crippen LogP contribution in [0, 0.1) is 11.6 Å². The van der Waals surface area contributed by atoms with Gasteiger partial charge >= 0.3 is 0 Å². The Bertz CT molecular complexity index is 1390. The van der Waals surface area contributed by atoms with Gasteiger partial charge in [0.1, 0.15) is 11.3 Å². The number of sulfonamides is 1. The second-order valence-electron chi connectivity index (χ2n) is 9.23. The Hall–Kier alpha value is -2.75. The SMILES string of the molecule is COCCN(CCOC)S(=O)(=O)c1ccc(C(=O)NCCN2CCN(c3nc4c(F)cc(F)cc4s3)CC2)cc1. The van der Waals surface area contributed by atoms with Gasteiger partial charge in [-0.25, -0.2) is 22.2 Å². The third kappa shape index (κ3) is 7.30. The summed E-state index contributed by atoms with van der Waals surface area (Å²) in [4.78, 5) is 21.3. The molecule has 1 aliphatic rings. The summed E-state index contributed by atoms with van der Waals surface area (Å²) in [5.41, 5.74) is 0.551. The van der Waals surface area contributed by atoms with E-state index in [4.69, 9.17) is 9.47 Å². The largest absolute Gasteiger partial charge is 0.383 e. The number of benzene rings is 2. The van der Waals surface area contributed by atoms with Gasteiger partial charge in [-0.2, -0.15) is 4.31 Å². The Morgan fingerprint density at radius 2 is 1.70 bits per heavy atom. The van der Waals surface area contributed by atoms with Crippen molar-refractivity contribution in [3.8, 4) is 0 Å². The fraction of sp³-hybridized carbons (Fsp3) is 0.462. The van der Waals surface area contributed by atoms with Crippen molar-refractivity contribution in [2.45, 2.75) is 4.90 Å². The topological polar surface area (TPSA) is 104 Å². The Labute approximate surface area is 236 Å². The Kier molecular flexibility index (Phi) is 10.4. The first-order valence-corrected chi connectivity index (χ1v) is 15.1. The van der Waals surface area contributed by atoms with Crippen molar-refractivity contribution < 1.29 is 31.5 Å². The summed E-state index contributed by atoms with van der Waals surface area (Å²) in [5, 5.41) is 3.55. The highest BCUT2D eigenvalue weighted by Crippen LogP contribution is 2.31. The highest BCUT2D eigenvalue weighted by molar-refractivity contribution is 7.89. The number of thiazole rings is 1. The molecule has 1 aromatic heterocycles. The van der Waals surface area contributed by atoms with Crippen molar-refractivity contribution in [3.05, 3.63) is 53.6 Å². The molecule has 218 valence electrons. The number of carbonyl (C=O) groups is 1. The molecule has 0 bridgehead atoms. The summed E-state index contributed by atoms with van der Waals surface area (Å²) in [6, 6.07) is 8.00. The quantitative estimate of drug-likeness (QED) is 0.321. The lowest BCUT2D eigenvalue weighted by Gasteiger charge is -2.34. The molecule has 0 unspecified atom stereocenters. The number of halogens is 2. The van der Waals surface area contributed by atoms with Gasteiger partial charge in [-0.3, -0.25) is 9.69 Å². The lowest BCUT2D eigenvalue weighted by molar-refractivity contribution is 0.0947. The van der Waals surface area contributed by atoms with Crippen molar-refractivity contribution in [1.82, 2.24) is 19.5 Å². The van der Waals surface area contributed by atoms with E-state index in [1.165, 1.54) is 60.2 Å². The van der Waals surface area contributed by atoms with Crippen LogP contribution in [0.15, 0.2) is 41.3 Å². The van der Waals surface area contributed by atoms with Crippen LogP contribution in [0.4, 0.5) is 13.9 Å². The minimum atomic E-state index is -3.76. The molecule has 1 fully saturated rings. The van der Waals surface area contributed by atoms with Crippen molar-refractivity contribution in [3.63, 3.8) is 0 Å². The molecule has 4 rings (SSSR count). The number of aromatic nitrogens is 1. The van der Waals surface area contributed by atoms with E-state index in [0.29, 0.717) is 41.6 Å². The number of methoxy groups -OCH3 is 2. The highest BCUT2D eigenvalue weighted by atomic mass is 32.2. The molecule has 0 saturated carbocycles. The van der Waals surface area contributed by atoms with Gasteiger partial charge in [0.2, 0.25) is 10.0 Å². The van der Waals surface area contributed by atoms with Crippen molar-refractivity contribution in [2.75, 3.05) is 84.7 Å². The number of fused-ring (bicyclic) bond motifs is 1. The van der Waals surface area contributed by atoms with Crippen LogP contribution in [0.3, 0.4) is 0 Å². The second kappa shape index (κ2) is 13.7. The van der Waals surface area contributed by atoms with Crippen molar-refractivity contribution >= 4 is 42.6 Å². The predicted molar refractivity (Wildman–Crippen MR) is 149 cm³/mol. The first-order chi connectivity index (χ1) is 19.2. The second-order valence-corrected chi connectivity index (χ2v) is 12.2. The molecule has 1 N–H and O–H groups in total. The summed E-state index contributed by atoms with van der Waals surface area (Å²) >= 11 is 1.27. The summed E-state index contributed by atoms with van der Waals surface area (Å²) in [6.45, 7) is 4.78. The molecule has 1 amide bonds. The number of ether oxygens (including phenoxy) is 2. The third-order valence-electron chi connectivity index (χ3n) is 6.60. The van der Waals surface area contributed by atoms with Crippen molar-refractivity contribution in [2.24, 2.45) is 0 Å². The van der Waals surface area contributed by atoms with Gasteiger partial charge in [0, 0.05) is 78.2 Å². The zero-order chi connectivity index (χ0) is 28.7. The van der Waals surface area contributed by atoms with Crippen LogP contribution in [-0.4, -0.2) is 108 Å². The summed E-state index contributed by atoms with van der Waals surface area (Å²) < 4.78 is 65.4. The van der Waals surface area contributed by atoms with Crippen LogP contribution in [0.1, 0.15) is 10.4 Å². The molecule has 14 heteroatoms. The minimum Gasteiger partial charge on any atom is -0.383 e. The fourth-order valence-electron chi connectivity index (χ4n) is 4.34. The lowest BCUT2D eigenvalue weighted by Crippen LogP contribution is -2.48. The van der Waals surface area contributed by atoms with E-state index in [1.807, 2.05) is 0 Å². The monoisotopic (exact) mass is 597 g/mol. The number of hydrogen-bond donors (Lipinski definition) is 1. The fourth-order valence-corrected chi connectivity index (χ4v) is 6.80. The van der Waals surface area contributed by atoms with Gasteiger partial charge in [0.05, 0.1) is 22.8 Å². The van der Waals surface area contributed by atoms with Gasteiger partial charge in [-0.15, -0.1) is 0 Å². The first-order valence-electron chi connectivity index (χ1n) is 12.8. The number of piperazine rings is 1. The first kappa shape index (κ1) is 30.2. The molecule has 10 nitrogen and oxygen atoms in total. The minimum absolute atomic E-state index is 0.0927. The zero-order valence-corrected chi connectivity index (χ0v) is 24.1. The Morgan fingerprint density at radius 1 is 1.05 bits per heavy atom. The molecule has 2 heterocycles. The number of rotatable bonds is 13. The summed E-state index contributed by atoms with van der Waals surface area (Å²) in [7, 11) is -0.752. The number of amides is 1. The molecular formula is C26H33F2N5O5S2. The number of hydrogen-bond acceptors (Lipinski definition) is 9. The van der Waals surface area contributed by atoms with Gasteiger partial charge < -0.3 is 19.7 Å². The predicted octanol–water partition coefficient (Wildman–Crippen LogP) is 2.41. The highest BCUT2D eigenvalue weighted by Gasteiger charge is 2.25. The maximum absolute atomic E-state index is 14.0. The van der Waals surface area contributed by atoms with Crippen molar-refractivity contribution in [1.29, 1.82) is 0 Å². The average molecular weight is 598 g/mol. The molecule has 40 heavy (non-hydrogen) atoms. The van der Waals surface area contributed by atoms with E-state index in [0.717, 1.165) is 19.2 Å². The lowest BCUT2D eigenvalue weighted by atomic mass is 10.2. The average Bonchev–Trinajstić information content (AvgIpc) is 3.38. The molecule has 1 saturated heterocycles. The van der Waals surface area contributed by atoms with Crippen LogP contribution in [0.2, 0.25) is 0 Å². The van der Waals surface area contributed by atoms with Gasteiger partial charge in [-0.05, 0) is 30.3 Å². The van der Waals surface area contributed by atoms with E-state index in [9.17, 15) is 22.0 Å². The van der Waals surface area contributed by atoms with E-state index in [1.54, 1.807) is 0 Å². The van der Waals surface area contributed by atoms with E-state index >= 15 is 0 Å². The van der Waals surface area contributed by atoms with Gasteiger partial charge in [0.25, 0.3) is 5.91 Å². The maximum Gasteiger partial charge on any atom is 0.251 e. The van der Waals surface area contributed by atoms with E-state index < -0.39 is 21.7 Å². The Morgan fingerprint density at radius 3 is 2.33 bits per heavy atom.